The zero-order chi connectivity index (χ0) is 22.4. The molecule has 6 nitrogen and oxygen atoms in total. The first-order valence-corrected chi connectivity index (χ1v) is 10.7. The van der Waals surface area contributed by atoms with Gasteiger partial charge in [0, 0.05) is 33.1 Å². The van der Waals surface area contributed by atoms with Gasteiger partial charge in [-0.2, -0.15) is 0 Å². The summed E-state index contributed by atoms with van der Waals surface area (Å²) in [6.45, 7) is 7.36. The molecule has 2 aromatic rings. The van der Waals surface area contributed by atoms with Crippen LogP contribution in [0.1, 0.15) is 44.4 Å². The Labute approximate surface area is 184 Å². The minimum absolute atomic E-state index is 0.0166. The van der Waals surface area contributed by atoms with E-state index < -0.39 is 5.41 Å². The van der Waals surface area contributed by atoms with Gasteiger partial charge in [0.05, 0.1) is 17.9 Å². The smallest absolute Gasteiger partial charge is 0.232 e. The van der Waals surface area contributed by atoms with Crippen molar-refractivity contribution in [2.75, 3.05) is 26.2 Å². The summed E-state index contributed by atoms with van der Waals surface area (Å²) in [5.41, 5.74) is 1.28. The lowest BCUT2D eigenvalue weighted by atomic mass is 9.83. The van der Waals surface area contributed by atoms with Gasteiger partial charge in [-0.25, -0.2) is 0 Å². The Balaban J connectivity index is 1.60. The summed E-state index contributed by atoms with van der Waals surface area (Å²) in [6.07, 6.45) is 0.201. The van der Waals surface area contributed by atoms with E-state index in [-0.39, 0.29) is 30.2 Å². The van der Waals surface area contributed by atoms with Crippen LogP contribution in [-0.2, 0) is 19.8 Å². The van der Waals surface area contributed by atoms with Crippen LogP contribution in [0.4, 0.5) is 0 Å². The van der Waals surface area contributed by atoms with Crippen LogP contribution in [0.15, 0.2) is 60.7 Å². The van der Waals surface area contributed by atoms with E-state index >= 15 is 0 Å². The van der Waals surface area contributed by atoms with Gasteiger partial charge >= 0.3 is 0 Å². The van der Waals surface area contributed by atoms with Crippen molar-refractivity contribution in [1.29, 1.82) is 0 Å². The van der Waals surface area contributed by atoms with Crippen molar-refractivity contribution in [1.82, 2.24) is 15.1 Å². The normalized spacial score (nSPS) is 15.3. The summed E-state index contributed by atoms with van der Waals surface area (Å²) in [7, 11) is 0. The molecule has 1 unspecified atom stereocenters. The van der Waals surface area contributed by atoms with Crippen LogP contribution in [0.2, 0.25) is 0 Å². The van der Waals surface area contributed by atoms with E-state index in [0.29, 0.717) is 26.2 Å². The average molecular weight is 422 g/mol. The van der Waals surface area contributed by atoms with Gasteiger partial charge in [0.25, 0.3) is 0 Å². The Morgan fingerprint density at radius 2 is 1.39 bits per heavy atom. The number of amides is 3. The minimum atomic E-state index is -0.614. The van der Waals surface area contributed by atoms with Crippen LogP contribution in [-0.4, -0.2) is 53.7 Å². The summed E-state index contributed by atoms with van der Waals surface area (Å²) in [4.78, 5) is 41.4. The van der Waals surface area contributed by atoms with Gasteiger partial charge in [-0.15, -0.1) is 0 Å². The molecule has 3 rings (SSSR count). The van der Waals surface area contributed by atoms with E-state index in [1.807, 2.05) is 79.4 Å². The van der Waals surface area contributed by atoms with E-state index in [9.17, 15) is 14.4 Å². The van der Waals surface area contributed by atoms with Gasteiger partial charge in [-0.05, 0) is 25.0 Å². The zero-order valence-electron chi connectivity index (χ0n) is 18.5. The Morgan fingerprint density at radius 1 is 0.871 bits per heavy atom. The first kappa shape index (κ1) is 22.5. The summed E-state index contributed by atoms with van der Waals surface area (Å²) in [6, 6.07) is 18.9. The molecule has 1 fully saturated rings. The molecule has 31 heavy (non-hydrogen) atoms. The number of nitrogens with zero attached hydrogens (tertiary/aromatic N) is 2. The third-order valence-corrected chi connectivity index (χ3v) is 5.91. The summed E-state index contributed by atoms with van der Waals surface area (Å²) >= 11 is 0. The maximum absolute atomic E-state index is 13.2. The molecule has 1 aliphatic rings. The van der Waals surface area contributed by atoms with Gasteiger partial charge in [0.2, 0.25) is 17.7 Å². The van der Waals surface area contributed by atoms with Crippen molar-refractivity contribution < 1.29 is 14.4 Å². The molecule has 1 N–H and O–H groups in total. The lowest BCUT2D eigenvalue weighted by Gasteiger charge is -2.39. The summed E-state index contributed by atoms with van der Waals surface area (Å²) < 4.78 is 0. The molecular weight excluding hydrogens is 390 g/mol. The average Bonchev–Trinajstić information content (AvgIpc) is 2.79. The molecule has 0 spiro atoms. The van der Waals surface area contributed by atoms with Crippen molar-refractivity contribution in [2.24, 2.45) is 0 Å². The zero-order valence-corrected chi connectivity index (χ0v) is 18.5. The third kappa shape index (κ3) is 5.51. The highest BCUT2D eigenvalue weighted by Gasteiger charge is 2.35. The molecule has 6 heteroatoms. The molecule has 0 bridgehead atoms. The molecule has 0 aliphatic carbocycles. The molecule has 3 amide bonds. The summed E-state index contributed by atoms with van der Waals surface area (Å²) in [5.74, 6) is -0.108. The molecule has 0 saturated carbocycles. The number of carbonyl (C=O) groups excluding carboxylic acids is 3. The number of nitrogens with one attached hydrogen (secondary N) is 1. The first-order chi connectivity index (χ1) is 14.8. The van der Waals surface area contributed by atoms with Crippen molar-refractivity contribution in [3.63, 3.8) is 0 Å². The van der Waals surface area contributed by atoms with Crippen LogP contribution < -0.4 is 5.32 Å². The number of carbonyl (C=O) groups is 3. The fraction of sp³-hybridized carbons (Fsp3) is 0.400. The van der Waals surface area contributed by atoms with Crippen LogP contribution in [0.25, 0.3) is 0 Å². The molecule has 1 aliphatic heterocycles. The fourth-order valence-electron chi connectivity index (χ4n) is 4.02. The van der Waals surface area contributed by atoms with Crippen molar-refractivity contribution in [3.8, 4) is 0 Å². The minimum Gasteiger partial charge on any atom is -0.349 e. The monoisotopic (exact) mass is 421 g/mol. The van der Waals surface area contributed by atoms with E-state index in [1.165, 1.54) is 6.92 Å². The van der Waals surface area contributed by atoms with E-state index in [1.54, 1.807) is 4.90 Å². The highest BCUT2D eigenvalue weighted by Crippen LogP contribution is 2.26. The lowest BCUT2D eigenvalue weighted by Crippen LogP contribution is -2.54. The number of hydrogen-bond donors (Lipinski definition) is 1. The molecule has 0 aromatic heterocycles. The number of piperazine rings is 1. The van der Waals surface area contributed by atoms with Gasteiger partial charge in [-0.3, -0.25) is 14.4 Å². The quantitative estimate of drug-likeness (QED) is 0.780. The molecule has 1 saturated heterocycles. The predicted molar refractivity (Wildman–Crippen MR) is 120 cm³/mol. The fourth-order valence-corrected chi connectivity index (χ4v) is 4.02. The molecular formula is C25H31N3O3. The van der Waals surface area contributed by atoms with Crippen LogP contribution >= 0.6 is 0 Å². The maximum atomic E-state index is 13.2. The second-order valence-electron chi connectivity index (χ2n) is 8.53. The van der Waals surface area contributed by atoms with Crippen molar-refractivity contribution >= 4 is 17.7 Å². The Bertz CT molecular complexity index is 904. The maximum Gasteiger partial charge on any atom is 0.232 e. The van der Waals surface area contributed by atoms with Crippen molar-refractivity contribution in [2.45, 2.75) is 38.6 Å². The van der Waals surface area contributed by atoms with Crippen molar-refractivity contribution in [3.05, 3.63) is 71.8 Å². The standard InChI is InChI=1S/C25H31N3O3/c1-19(29)26-22(20-10-6-4-7-11-20)18-23(30)27-14-16-28(17-15-27)24(31)25(2,3)21-12-8-5-9-13-21/h4-13,22H,14-18H2,1-3H3,(H,26,29). The van der Waals surface area contributed by atoms with E-state index in [0.717, 1.165) is 11.1 Å². The Hall–Kier alpha value is -3.15. The van der Waals surface area contributed by atoms with Gasteiger partial charge in [0.15, 0.2) is 0 Å². The highest BCUT2D eigenvalue weighted by molar-refractivity contribution is 5.88. The Morgan fingerprint density at radius 3 is 1.94 bits per heavy atom. The first-order valence-electron chi connectivity index (χ1n) is 10.7. The molecule has 0 radical (unpaired) electrons. The Kier molecular flexibility index (Phi) is 7.10. The summed E-state index contributed by atoms with van der Waals surface area (Å²) in [5, 5.41) is 2.88. The van der Waals surface area contributed by atoms with E-state index in [2.05, 4.69) is 5.32 Å². The highest BCUT2D eigenvalue weighted by atomic mass is 16.2. The van der Waals surface area contributed by atoms with Gasteiger partial charge < -0.3 is 15.1 Å². The SMILES string of the molecule is CC(=O)NC(CC(=O)N1CCN(C(=O)C(C)(C)c2ccccc2)CC1)c1ccccc1. The topological polar surface area (TPSA) is 69.7 Å². The molecule has 164 valence electrons. The second kappa shape index (κ2) is 9.77. The number of hydrogen-bond acceptors (Lipinski definition) is 3. The third-order valence-electron chi connectivity index (χ3n) is 5.91. The van der Waals surface area contributed by atoms with Crippen LogP contribution in [0, 0.1) is 0 Å². The predicted octanol–water partition coefficient (Wildman–Crippen LogP) is 2.90. The molecule has 1 heterocycles. The number of rotatable bonds is 6. The van der Waals surface area contributed by atoms with Crippen LogP contribution in [0.5, 0.6) is 0 Å². The van der Waals surface area contributed by atoms with Crippen LogP contribution in [0.3, 0.4) is 0 Å². The number of benzene rings is 2. The largest absolute Gasteiger partial charge is 0.349 e. The second-order valence-corrected chi connectivity index (χ2v) is 8.53. The lowest BCUT2D eigenvalue weighted by molar-refractivity contribution is -0.143. The molecule has 2 aromatic carbocycles. The molecule has 1 atom stereocenters. The van der Waals surface area contributed by atoms with Gasteiger partial charge in [-0.1, -0.05) is 60.7 Å². The van der Waals surface area contributed by atoms with E-state index in [4.69, 9.17) is 0 Å². The van der Waals surface area contributed by atoms with Gasteiger partial charge in [0.1, 0.15) is 0 Å².